The van der Waals surface area contributed by atoms with Crippen LogP contribution in [0.15, 0.2) is 29.3 Å². The van der Waals surface area contributed by atoms with Crippen LogP contribution in [0.1, 0.15) is 61.3 Å². The molecule has 1 aliphatic rings. The van der Waals surface area contributed by atoms with Gasteiger partial charge in [-0.2, -0.15) is 0 Å². The van der Waals surface area contributed by atoms with E-state index in [1.54, 1.807) is 52.9 Å². The maximum absolute atomic E-state index is 13.4. The molecule has 0 aliphatic carbocycles. The van der Waals surface area contributed by atoms with Gasteiger partial charge in [0.1, 0.15) is 0 Å². The highest BCUT2D eigenvalue weighted by Gasteiger charge is 2.28. The number of rotatable bonds is 8. The highest BCUT2D eigenvalue weighted by Crippen LogP contribution is 2.37. The van der Waals surface area contributed by atoms with Gasteiger partial charge < -0.3 is 19.7 Å². The third-order valence-corrected chi connectivity index (χ3v) is 8.38. The lowest BCUT2D eigenvalue weighted by molar-refractivity contribution is 0.111. The number of anilines is 2. The molecule has 216 valence electrons. The lowest BCUT2D eigenvalue weighted by atomic mass is 10.1. The summed E-state index contributed by atoms with van der Waals surface area (Å²) < 4.78 is 39.9. The molecule has 13 heteroatoms. The number of alkyl carbamates (subject to hydrolysis) is 1. The molecule has 39 heavy (non-hydrogen) atoms. The second kappa shape index (κ2) is 12.5. The maximum Gasteiger partial charge on any atom is 0.411 e. The van der Waals surface area contributed by atoms with Crippen molar-refractivity contribution in [3.63, 3.8) is 0 Å². The first-order valence-corrected chi connectivity index (χ1v) is 15.3. The Kier molecular flexibility index (Phi) is 9.83. The molecule has 1 fully saturated rings. The van der Waals surface area contributed by atoms with Gasteiger partial charge in [-0.25, -0.2) is 27.7 Å². The molecule has 0 bridgehead atoms. The van der Waals surface area contributed by atoms with Crippen molar-refractivity contribution < 1.29 is 27.5 Å². The van der Waals surface area contributed by atoms with E-state index in [0.29, 0.717) is 29.2 Å². The molecule has 1 saturated heterocycles. The Morgan fingerprint density at radius 1 is 1.05 bits per heavy atom. The van der Waals surface area contributed by atoms with E-state index in [4.69, 9.17) is 9.47 Å². The van der Waals surface area contributed by atoms with Gasteiger partial charge in [0.2, 0.25) is 10.0 Å². The number of carbonyl (C=O) groups is 2. The van der Waals surface area contributed by atoms with E-state index in [-0.39, 0.29) is 23.1 Å². The predicted octanol–water partition coefficient (Wildman–Crippen LogP) is 4.95. The number of carbonyl (C=O) groups excluding carboxylic acids is 2. The van der Waals surface area contributed by atoms with Gasteiger partial charge in [-0.15, -0.1) is 0 Å². The zero-order chi connectivity index (χ0) is 29.0. The van der Waals surface area contributed by atoms with Crippen LogP contribution in [-0.4, -0.2) is 62.5 Å². The Labute approximate surface area is 234 Å². The number of aromatic nitrogens is 1. The molecule has 2 aromatic rings. The van der Waals surface area contributed by atoms with Crippen LogP contribution in [0.2, 0.25) is 0 Å². The largest absolute Gasteiger partial charge is 0.447 e. The molecule has 0 saturated carbocycles. The Hall–Kier alpha value is -2.90. The monoisotopic (exact) mass is 581 g/mol. The summed E-state index contributed by atoms with van der Waals surface area (Å²) in [6.45, 7) is 13.7. The Morgan fingerprint density at radius 2 is 1.67 bits per heavy atom. The van der Waals surface area contributed by atoms with Gasteiger partial charge >= 0.3 is 12.2 Å². The van der Waals surface area contributed by atoms with Crippen molar-refractivity contribution in [3.8, 4) is 10.4 Å². The summed E-state index contributed by atoms with van der Waals surface area (Å²) in [6.07, 6.45) is 1.57. The average Bonchev–Trinajstić information content (AvgIpc) is 3.27. The fourth-order valence-corrected chi connectivity index (χ4v) is 6.75. The first-order chi connectivity index (χ1) is 18.1. The fraction of sp³-hybridized carbons (Fsp3) is 0.577. The number of ether oxygens (including phenoxy) is 2. The first kappa shape index (κ1) is 30.6. The van der Waals surface area contributed by atoms with Gasteiger partial charge in [-0.1, -0.05) is 17.4 Å². The SMILES string of the molecule is CC(C)OC(=O)Nc1ccc(-c2cnc(N3CCC(NC(=O)OC(C)C)CC3)s2)c(S(=O)(=O)NC(C)(C)C)c1. The second-order valence-electron chi connectivity index (χ2n) is 11.0. The van der Waals surface area contributed by atoms with Crippen molar-refractivity contribution >= 4 is 44.4 Å². The van der Waals surface area contributed by atoms with Crippen LogP contribution < -0.4 is 20.3 Å². The lowest BCUT2D eigenvalue weighted by Crippen LogP contribution is -2.45. The number of nitrogens with zero attached hydrogens (tertiary/aromatic N) is 2. The number of hydrogen-bond donors (Lipinski definition) is 3. The van der Waals surface area contributed by atoms with Gasteiger partial charge in [0.15, 0.2) is 5.13 Å². The van der Waals surface area contributed by atoms with Crippen LogP contribution in [0.5, 0.6) is 0 Å². The minimum absolute atomic E-state index is 0.0228. The average molecular weight is 582 g/mol. The number of sulfonamides is 1. The zero-order valence-electron chi connectivity index (χ0n) is 23.5. The number of thiazole rings is 1. The van der Waals surface area contributed by atoms with Crippen LogP contribution in [-0.2, 0) is 19.5 Å². The van der Waals surface area contributed by atoms with Crippen LogP contribution >= 0.6 is 11.3 Å². The number of nitrogens with one attached hydrogen (secondary N) is 3. The molecule has 3 N–H and O–H groups in total. The van der Waals surface area contributed by atoms with Crippen molar-refractivity contribution in [1.82, 2.24) is 15.0 Å². The molecule has 11 nitrogen and oxygen atoms in total. The minimum Gasteiger partial charge on any atom is -0.447 e. The van der Waals surface area contributed by atoms with Crippen LogP contribution in [0.4, 0.5) is 20.4 Å². The summed E-state index contributed by atoms with van der Waals surface area (Å²) in [4.78, 5) is 31.5. The molecule has 1 aromatic carbocycles. The standard InChI is InChI=1S/C26H39N5O6S2/c1-16(2)36-24(32)28-18-10-12-31(13-11-18)23-27-15-21(38-23)20-9-8-19(29-25(33)37-17(3)4)14-22(20)39(34,35)30-26(5,6)7/h8-9,14-18,30H,10-13H2,1-7H3,(H,28,32)(H,29,33). The van der Waals surface area contributed by atoms with E-state index in [2.05, 4.69) is 25.2 Å². The molecule has 0 unspecified atom stereocenters. The van der Waals surface area contributed by atoms with E-state index in [1.165, 1.54) is 17.4 Å². The molecule has 0 spiro atoms. The van der Waals surface area contributed by atoms with E-state index in [9.17, 15) is 18.0 Å². The highest BCUT2D eigenvalue weighted by molar-refractivity contribution is 7.89. The molecule has 2 heterocycles. The van der Waals surface area contributed by atoms with E-state index in [0.717, 1.165) is 18.0 Å². The van der Waals surface area contributed by atoms with E-state index < -0.39 is 27.7 Å². The Balaban J connectivity index is 1.82. The van der Waals surface area contributed by atoms with Crippen molar-refractivity contribution in [2.24, 2.45) is 0 Å². The van der Waals surface area contributed by atoms with E-state index >= 15 is 0 Å². The second-order valence-corrected chi connectivity index (χ2v) is 13.7. The third kappa shape index (κ3) is 9.07. The maximum atomic E-state index is 13.4. The van der Waals surface area contributed by atoms with Gasteiger partial charge in [-0.3, -0.25) is 5.32 Å². The quantitative estimate of drug-likeness (QED) is 0.398. The molecule has 0 atom stereocenters. The van der Waals surface area contributed by atoms with Gasteiger partial charge in [-0.05, 0) is 73.4 Å². The third-order valence-electron chi connectivity index (χ3n) is 5.49. The zero-order valence-corrected chi connectivity index (χ0v) is 25.2. The molecule has 1 aliphatic heterocycles. The topological polar surface area (TPSA) is 139 Å². The van der Waals surface area contributed by atoms with E-state index in [1.807, 2.05) is 13.8 Å². The molecular weight excluding hydrogens is 542 g/mol. The van der Waals surface area contributed by atoms with Crippen molar-refractivity contribution in [2.45, 2.75) is 90.0 Å². The van der Waals surface area contributed by atoms with Crippen LogP contribution in [0.25, 0.3) is 10.4 Å². The summed E-state index contributed by atoms with van der Waals surface area (Å²) in [5, 5.41) is 6.27. The summed E-state index contributed by atoms with van der Waals surface area (Å²) in [5.41, 5.74) is 0.0647. The molecule has 2 amide bonds. The van der Waals surface area contributed by atoms with Crippen molar-refractivity contribution in [1.29, 1.82) is 0 Å². The number of hydrogen-bond acceptors (Lipinski definition) is 9. The number of piperidine rings is 1. The minimum atomic E-state index is -3.95. The van der Waals surface area contributed by atoms with Gasteiger partial charge in [0, 0.05) is 42.1 Å². The number of amides is 2. The van der Waals surface area contributed by atoms with Crippen molar-refractivity contribution in [3.05, 3.63) is 24.4 Å². The summed E-state index contributed by atoms with van der Waals surface area (Å²) in [7, 11) is -3.95. The van der Waals surface area contributed by atoms with Gasteiger partial charge in [0.25, 0.3) is 0 Å². The Morgan fingerprint density at radius 3 is 2.26 bits per heavy atom. The summed E-state index contributed by atoms with van der Waals surface area (Å²) in [5.74, 6) is 0. The lowest BCUT2D eigenvalue weighted by Gasteiger charge is -2.32. The molecular formula is C26H39N5O6S2. The smallest absolute Gasteiger partial charge is 0.411 e. The normalized spacial score (nSPS) is 14.9. The van der Waals surface area contributed by atoms with Crippen molar-refractivity contribution in [2.75, 3.05) is 23.3 Å². The van der Waals surface area contributed by atoms with Crippen LogP contribution in [0, 0.1) is 0 Å². The van der Waals surface area contributed by atoms with Crippen LogP contribution in [0.3, 0.4) is 0 Å². The summed E-state index contributed by atoms with van der Waals surface area (Å²) in [6, 6.07) is 4.75. The molecule has 0 radical (unpaired) electrons. The number of benzene rings is 1. The molecule has 1 aromatic heterocycles. The Bertz CT molecular complexity index is 1260. The highest BCUT2D eigenvalue weighted by atomic mass is 32.2. The predicted molar refractivity (Wildman–Crippen MR) is 153 cm³/mol. The first-order valence-electron chi connectivity index (χ1n) is 13.0. The molecule has 3 rings (SSSR count). The fourth-order valence-electron chi connectivity index (χ4n) is 4.01. The summed E-state index contributed by atoms with van der Waals surface area (Å²) >= 11 is 1.39. The van der Waals surface area contributed by atoms with Gasteiger partial charge in [0.05, 0.1) is 22.0 Å².